The normalized spacial score (nSPS) is 21.4. The Bertz CT molecular complexity index is 922. The molecule has 3 rings (SSSR count). The van der Waals surface area contributed by atoms with Crippen LogP contribution in [0.3, 0.4) is 0 Å². The number of carbonyl (C=O) groups excluding carboxylic acids is 2. The summed E-state index contributed by atoms with van der Waals surface area (Å²) in [5, 5.41) is 12.9. The molecule has 0 unspecified atom stereocenters. The number of aliphatic hydroxyl groups is 1. The second-order valence-corrected chi connectivity index (χ2v) is 9.25. The van der Waals surface area contributed by atoms with Crippen molar-refractivity contribution in [2.75, 3.05) is 40.5 Å². The average molecular weight is 473 g/mol. The number of urea groups is 1. The zero-order chi connectivity index (χ0) is 24.7. The van der Waals surface area contributed by atoms with Crippen molar-refractivity contribution in [2.45, 2.75) is 57.7 Å². The van der Waals surface area contributed by atoms with E-state index in [9.17, 15) is 14.7 Å². The summed E-state index contributed by atoms with van der Waals surface area (Å²) in [6.07, 6.45) is 5.49. The van der Waals surface area contributed by atoms with Crippen LogP contribution in [0.15, 0.2) is 12.3 Å². The highest BCUT2D eigenvalue weighted by atomic mass is 16.5. The molecule has 0 saturated heterocycles. The monoisotopic (exact) mass is 472 g/mol. The topological polar surface area (TPSA) is 104 Å². The number of aliphatic hydroxyl groups excluding tert-OH is 1. The number of fused-ring (bicyclic) bond motifs is 1. The maximum Gasteiger partial charge on any atom is 0.317 e. The molecule has 1 fully saturated rings. The van der Waals surface area contributed by atoms with Gasteiger partial charge in [-0.05, 0) is 25.8 Å². The molecule has 3 amide bonds. The van der Waals surface area contributed by atoms with Crippen molar-refractivity contribution < 1.29 is 24.2 Å². The molecule has 1 aliphatic carbocycles. The molecule has 186 valence electrons. The zero-order valence-electron chi connectivity index (χ0n) is 20.5. The molecule has 2 aliphatic rings. The van der Waals surface area contributed by atoms with Crippen LogP contribution in [0.5, 0.6) is 5.88 Å². The minimum atomic E-state index is -0.391. The molecule has 9 heteroatoms. The molecule has 9 nitrogen and oxygen atoms in total. The van der Waals surface area contributed by atoms with Gasteiger partial charge in [0.25, 0.3) is 5.91 Å². The summed E-state index contributed by atoms with van der Waals surface area (Å²) in [6.45, 7) is 4.61. The van der Waals surface area contributed by atoms with Gasteiger partial charge in [0.15, 0.2) is 0 Å². The van der Waals surface area contributed by atoms with Crippen LogP contribution in [0.2, 0.25) is 0 Å². The first kappa shape index (κ1) is 25.8. The number of likely N-dealkylation sites (N-methyl/N-ethyl adjacent to an activating group) is 1. The van der Waals surface area contributed by atoms with Crippen LogP contribution >= 0.6 is 0 Å². The van der Waals surface area contributed by atoms with Gasteiger partial charge in [0.2, 0.25) is 5.88 Å². The van der Waals surface area contributed by atoms with Gasteiger partial charge < -0.3 is 29.7 Å². The summed E-state index contributed by atoms with van der Waals surface area (Å²) in [5.74, 6) is 5.64. The van der Waals surface area contributed by atoms with Gasteiger partial charge in [-0.3, -0.25) is 4.79 Å². The van der Waals surface area contributed by atoms with Gasteiger partial charge in [0, 0.05) is 44.4 Å². The van der Waals surface area contributed by atoms with Gasteiger partial charge in [0.1, 0.15) is 18.3 Å². The number of aromatic nitrogens is 1. The lowest BCUT2D eigenvalue weighted by atomic mass is 10.00. The van der Waals surface area contributed by atoms with E-state index >= 15 is 0 Å². The van der Waals surface area contributed by atoms with E-state index in [4.69, 9.17) is 9.47 Å². The Morgan fingerprint density at radius 2 is 2.18 bits per heavy atom. The number of rotatable bonds is 6. The quantitative estimate of drug-likeness (QED) is 0.613. The van der Waals surface area contributed by atoms with Crippen LogP contribution in [0.1, 0.15) is 55.5 Å². The van der Waals surface area contributed by atoms with Gasteiger partial charge in [-0.15, -0.1) is 0 Å². The second-order valence-electron chi connectivity index (χ2n) is 9.25. The van der Waals surface area contributed by atoms with Gasteiger partial charge in [-0.2, -0.15) is 0 Å². The molecule has 3 atom stereocenters. The van der Waals surface area contributed by atoms with Crippen molar-refractivity contribution in [3.8, 4) is 17.7 Å². The van der Waals surface area contributed by atoms with Crippen LogP contribution < -0.4 is 10.1 Å². The maximum atomic E-state index is 13.4. The second kappa shape index (κ2) is 12.0. The largest absolute Gasteiger partial charge is 0.472 e. The Morgan fingerprint density at radius 3 is 2.85 bits per heavy atom. The zero-order valence-corrected chi connectivity index (χ0v) is 20.5. The highest BCUT2D eigenvalue weighted by Gasteiger charge is 2.35. The van der Waals surface area contributed by atoms with Gasteiger partial charge >= 0.3 is 6.03 Å². The van der Waals surface area contributed by atoms with Crippen molar-refractivity contribution in [3.63, 3.8) is 0 Å². The smallest absolute Gasteiger partial charge is 0.317 e. The summed E-state index contributed by atoms with van der Waals surface area (Å²) in [7, 11) is 3.31. The number of methoxy groups -OCH3 is 1. The number of hydrogen-bond donors (Lipinski definition) is 2. The van der Waals surface area contributed by atoms with Crippen LogP contribution in [-0.4, -0.2) is 90.5 Å². The van der Waals surface area contributed by atoms with Crippen LogP contribution in [-0.2, 0) is 4.74 Å². The summed E-state index contributed by atoms with van der Waals surface area (Å²) >= 11 is 0. The Morgan fingerprint density at radius 1 is 1.44 bits per heavy atom. The Kier molecular flexibility index (Phi) is 9.13. The van der Waals surface area contributed by atoms with E-state index in [1.807, 2.05) is 6.92 Å². The summed E-state index contributed by atoms with van der Waals surface area (Å²) in [5.41, 5.74) is 0.863. The number of carbonyl (C=O) groups is 2. The lowest BCUT2D eigenvalue weighted by Crippen LogP contribution is -2.52. The van der Waals surface area contributed by atoms with E-state index in [1.165, 1.54) is 0 Å². The molecule has 1 aliphatic heterocycles. The van der Waals surface area contributed by atoms with Crippen molar-refractivity contribution in [1.29, 1.82) is 0 Å². The number of pyridine rings is 1. The minimum absolute atomic E-state index is 0.101. The highest BCUT2D eigenvalue weighted by molar-refractivity contribution is 5.97. The van der Waals surface area contributed by atoms with E-state index in [2.05, 4.69) is 22.1 Å². The van der Waals surface area contributed by atoms with E-state index in [0.29, 0.717) is 24.2 Å². The summed E-state index contributed by atoms with van der Waals surface area (Å²) in [6, 6.07) is 1.38. The van der Waals surface area contributed by atoms with E-state index in [0.717, 1.165) is 25.7 Å². The number of amides is 3. The van der Waals surface area contributed by atoms with Crippen LogP contribution in [0.4, 0.5) is 4.79 Å². The highest BCUT2D eigenvalue weighted by Crippen LogP contribution is 2.27. The molecule has 0 aromatic carbocycles. The summed E-state index contributed by atoms with van der Waals surface area (Å²) < 4.78 is 11.2. The number of nitrogens with one attached hydrogen (secondary N) is 1. The lowest BCUT2D eigenvalue weighted by Gasteiger charge is -2.37. The molecule has 1 aromatic rings. The minimum Gasteiger partial charge on any atom is -0.472 e. The van der Waals surface area contributed by atoms with Crippen molar-refractivity contribution in [2.24, 2.45) is 5.92 Å². The Balaban J connectivity index is 1.85. The molecular weight excluding hydrogens is 436 g/mol. The lowest BCUT2D eigenvalue weighted by molar-refractivity contribution is 0.0351. The van der Waals surface area contributed by atoms with E-state index in [-0.39, 0.29) is 49.0 Å². The van der Waals surface area contributed by atoms with E-state index < -0.39 is 6.10 Å². The van der Waals surface area contributed by atoms with Gasteiger partial charge in [0.05, 0.1) is 19.2 Å². The Hall–Kier alpha value is -2.83. The molecule has 0 bridgehead atoms. The fourth-order valence-corrected chi connectivity index (χ4v) is 4.31. The maximum absolute atomic E-state index is 13.4. The van der Waals surface area contributed by atoms with Gasteiger partial charge in [-0.25, -0.2) is 9.78 Å². The SMILES string of the molecule is COCC#Cc1cnc2c(c1)C(=O)N([C@H](C)CO)C[C@@H](C)[C@H](CN(C)C(=O)NC1CCCC1)O2. The van der Waals surface area contributed by atoms with Crippen molar-refractivity contribution >= 4 is 11.9 Å². The number of nitrogens with zero attached hydrogens (tertiary/aromatic N) is 3. The molecule has 1 aromatic heterocycles. The van der Waals surface area contributed by atoms with Crippen LogP contribution in [0, 0.1) is 17.8 Å². The molecule has 0 radical (unpaired) electrons. The van der Waals surface area contributed by atoms with E-state index in [1.54, 1.807) is 43.1 Å². The average Bonchev–Trinajstić information content (AvgIpc) is 3.34. The molecule has 2 N–H and O–H groups in total. The standard InChI is InChI=1S/C25H36N4O5/c1-17-14-29(18(2)16-30)24(31)21-12-19(8-7-11-33-4)13-26-23(21)34-22(17)15-28(3)25(32)27-20-9-5-6-10-20/h12-13,17-18,20,22,30H,5-6,9-11,14-16H2,1-4H3,(H,27,32)/t17-,18-,22+/m1/s1. The Labute approximate surface area is 201 Å². The fraction of sp³-hybridized carbons (Fsp3) is 0.640. The summed E-state index contributed by atoms with van der Waals surface area (Å²) in [4.78, 5) is 33.8. The molecule has 2 heterocycles. The number of hydrogen-bond acceptors (Lipinski definition) is 6. The van der Waals surface area contributed by atoms with Crippen LogP contribution in [0.25, 0.3) is 0 Å². The predicted octanol–water partition coefficient (Wildman–Crippen LogP) is 1.88. The van der Waals surface area contributed by atoms with Crippen molar-refractivity contribution in [3.05, 3.63) is 23.4 Å². The third-order valence-electron chi connectivity index (χ3n) is 6.45. The first-order valence-corrected chi connectivity index (χ1v) is 11.9. The fourth-order valence-electron chi connectivity index (χ4n) is 4.31. The first-order valence-electron chi connectivity index (χ1n) is 11.9. The predicted molar refractivity (Wildman–Crippen MR) is 128 cm³/mol. The van der Waals surface area contributed by atoms with Gasteiger partial charge in [-0.1, -0.05) is 31.6 Å². The third-order valence-corrected chi connectivity index (χ3v) is 6.45. The molecule has 34 heavy (non-hydrogen) atoms. The molecule has 0 spiro atoms. The van der Waals surface area contributed by atoms with Crippen molar-refractivity contribution in [1.82, 2.24) is 20.1 Å². The molecule has 1 saturated carbocycles. The third kappa shape index (κ3) is 6.39. The molecular formula is C25H36N4O5. The number of ether oxygens (including phenoxy) is 2. The first-order chi connectivity index (χ1) is 16.3.